The molecule has 0 bridgehead atoms. The summed E-state index contributed by atoms with van der Waals surface area (Å²) in [5, 5.41) is 5.82. The summed E-state index contributed by atoms with van der Waals surface area (Å²) in [6.45, 7) is 13.7. The van der Waals surface area contributed by atoms with Crippen molar-refractivity contribution >= 4 is 23.2 Å². The molecule has 0 unspecified atom stereocenters. The number of carbonyl (C=O) groups is 2. The van der Waals surface area contributed by atoms with E-state index in [0.29, 0.717) is 6.54 Å². The zero-order chi connectivity index (χ0) is 17.6. The summed E-state index contributed by atoms with van der Waals surface area (Å²) < 4.78 is 0. The highest BCUT2D eigenvalue weighted by atomic mass is 16.2. The van der Waals surface area contributed by atoms with Crippen molar-refractivity contribution < 1.29 is 9.59 Å². The number of anilines is 2. The molecule has 0 saturated heterocycles. The van der Waals surface area contributed by atoms with Crippen LogP contribution in [0.15, 0.2) is 18.2 Å². The normalized spacial score (nSPS) is 11.4. The fraction of sp³-hybridized carbons (Fsp3) is 0.556. The van der Waals surface area contributed by atoms with Crippen molar-refractivity contribution in [2.45, 2.75) is 41.5 Å². The summed E-state index contributed by atoms with van der Waals surface area (Å²) in [4.78, 5) is 26.1. The fourth-order valence-electron chi connectivity index (χ4n) is 2.04. The molecule has 2 N–H and O–H groups in total. The van der Waals surface area contributed by atoms with Crippen LogP contribution in [0.1, 0.15) is 40.2 Å². The number of benzene rings is 1. The van der Waals surface area contributed by atoms with Crippen LogP contribution in [0.2, 0.25) is 0 Å². The lowest BCUT2D eigenvalue weighted by Gasteiger charge is -2.19. The summed E-state index contributed by atoms with van der Waals surface area (Å²) in [7, 11) is 0. The summed E-state index contributed by atoms with van der Waals surface area (Å²) in [5.41, 5.74) is 1.99. The molecule has 128 valence electrons. The van der Waals surface area contributed by atoms with E-state index in [1.165, 1.54) is 0 Å². The second-order valence-corrected chi connectivity index (χ2v) is 6.74. The van der Waals surface area contributed by atoms with E-state index >= 15 is 0 Å². The molecule has 0 fully saturated rings. The van der Waals surface area contributed by atoms with Gasteiger partial charge in [-0.3, -0.25) is 14.5 Å². The van der Waals surface area contributed by atoms with Gasteiger partial charge in [0.2, 0.25) is 11.8 Å². The highest BCUT2D eigenvalue weighted by Crippen LogP contribution is 2.22. The number of rotatable bonds is 6. The van der Waals surface area contributed by atoms with Crippen molar-refractivity contribution in [3.8, 4) is 0 Å². The van der Waals surface area contributed by atoms with Crippen LogP contribution in [0.5, 0.6) is 0 Å². The molecule has 5 nitrogen and oxygen atoms in total. The zero-order valence-corrected chi connectivity index (χ0v) is 15.1. The summed E-state index contributed by atoms with van der Waals surface area (Å²) in [6.07, 6.45) is 0. The van der Waals surface area contributed by atoms with Gasteiger partial charge in [0.05, 0.1) is 6.54 Å². The topological polar surface area (TPSA) is 61.4 Å². The Bertz CT molecular complexity index is 558. The van der Waals surface area contributed by atoms with E-state index in [2.05, 4.69) is 15.5 Å². The van der Waals surface area contributed by atoms with Crippen LogP contribution >= 0.6 is 0 Å². The summed E-state index contributed by atoms with van der Waals surface area (Å²) in [5.74, 6) is -0.0569. The van der Waals surface area contributed by atoms with Gasteiger partial charge in [0, 0.05) is 16.8 Å². The molecule has 0 radical (unpaired) electrons. The average molecular weight is 319 g/mol. The van der Waals surface area contributed by atoms with Crippen LogP contribution in [0.4, 0.5) is 11.4 Å². The molecule has 0 aliphatic rings. The third-order valence-electron chi connectivity index (χ3n) is 3.70. The number of likely N-dealkylation sites (N-methyl/N-ethyl adjacent to an activating group) is 1. The third-order valence-corrected chi connectivity index (χ3v) is 3.70. The van der Waals surface area contributed by atoms with Crippen LogP contribution in [-0.4, -0.2) is 36.3 Å². The lowest BCUT2D eigenvalue weighted by Crippen LogP contribution is -2.33. The number of amides is 2. The molecule has 0 aliphatic carbocycles. The number of hydrogen-bond donors (Lipinski definition) is 2. The van der Waals surface area contributed by atoms with E-state index in [4.69, 9.17) is 0 Å². The van der Waals surface area contributed by atoms with Crippen LogP contribution < -0.4 is 10.6 Å². The molecule has 1 aromatic carbocycles. The van der Waals surface area contributed by atoms with Crippen molar-refractivity contribution in [1.82, 2.24) is 4.90 Å². The number of carbonyl (C=O) groups excluding carboxylic acids is 2. The first-order valence-electron chi connectivity index (χ1n) is 8.11. The standard InChI is InChI=1S/C18H29N3O2/c1-7-21(8-2)12-16(22)20-15-10-9-14(11-13(15)3)19-17(23)18(4,5)6/h9-11H,7-8,12H2,1-6H3,(H,19,23)(H,20,22). The summed E-state index contributed by atoms with van der Waals surface area (Å²) >= 11 is 0. The van der Waals surface area contributed by atoms with Crippen molar-refractivity contribution in [3.63, 3.8) is 0 Å². The van der Waals surface area contributed by atoms with Gasteiger partial charge in [0.25, 0.3) is 0 Å². The Kier molecular flexibility index (Phi) is 6.76. The molecule has 1 rings (SSSR count). The highest BCUT2D eigenvalue weighted by molar-refractivity contribution is 5.96. The smallest absolute Gasteiger partial charge is 0.238 e. The van der Waals surface area contributed by atoms with E-state index in [1.807, 2.05) is 59.7 Å². The molecule has 2 amide bonds. The van der Waals surface area contributed by atoms with Crippen molar-refractivity contribution in [3.05, 3.63) is 23.8 Å². The average Bonchev–Trinajstić information content (AvgIpc) is 2.46. The predicted octanol–water partition coefficient (Wildman–Crippen LogP) is 3.26. The molecule has 23 heavy (non-hydrogen) atoms. The van der Waals surface area contributed by atoms with E-state index in [0.717, 1.165) is 30.0 Å². The quantitative estimate of drug-likeness (QED) is 0.846. The third kappa shape index (κ3) is 6.02. The lowest BCUT2D eigenvalue weighted by atomic mass is 9.95. The first-order chi connectivity index (χ1) is 10.7. The second-order valence-electron chi connectivity index (χ2n) is 6.74. The molecule has 0 aliphatic heterocycles. The number of nitrogens with zero attached hydrogens (tertiary/aromatic N) is 1. The van der Waals surface area contributed by atoms with Crippen LogP contribution in [0.3, 0.4) is 0 Å². The summed E-state index contributed by atoms with van der Waals surface area (Å²) in [6, 6.07) is 5.51. The van der Waals surface area contributed by atoms with Crippen molar-refractivity contribution in [2.24, 2.45) is 5.41 Å². The predicted molar refractivity (Wildman–Crippen MR) is 95.7 cm³/mol. The molecule has 1 aromatic rings. The van der Waals surface area contributed by atoms with Crippen molar-refractivity contribution in [1.29, 1.82) is 0 Å². The van der Waals surface area contributed by atoms with Gasteiger partial charge in [0.1, 0.15) is 0 Å². The van der Waals surface area contributed by atoms with Gasteiger partial charge in [0.15, 0.2) is 0 Å². The molecule has 0 saturated carbocycles. The molecule has 0 spiro atoms. The fourth-order valence-corrected chi connectivity index (χ4v) is 2.04. The van der Waals surface area contributed by atoms with E-state index in [9.17, 15) is 9.59 Å². The van der Waals surface area contributed by atoms with Gasteiger partial charge in [-0.2, -0.15) is 0 Å². The Labute approximate surface area is 139 Å². The SMILES string of the molecule is CCN(CC)CC(=O)Nc1ccc(NC(=O)C(C)(C)C)cc1C. The maximum absolute atomic E-state index is 12.1. The van der Waals surface area contributed by atoms with Crippen LogP contribution in [0.25, 0.3) is 0 Å². The van der Waals surface area contributed by atoms with E-state index in [1.54, 1.807) is 0 Å². The maximum atomic E-state index is 12.1. The van der Waals surface area contributed by atoms with Crippen molar-refractivity contribution in [2.75, 3.05) is 30.3 Å². The first kappa shape index (κ1) is 19.2. The van der Waals surface area contributed by atoms with E-state index < -0.39 is 5.41 Å². The van der Waals surface area contributed by atoms with Gasteiger partial charge < -0.3 is 10.6 Å². The Hall–Kier alpha value is -1.88. The maximum Gasteiger partial charge on any atom is 0.238 e. The van der Waals surface area contributed by atoms with Crippen LogP contribution in [0, 0.1) is 12.3 Å². The molecule has 0 heterocycles. The molecule has 5 heteroatoms. The van der Waals surface area contributed by atoms with Gasteiger partial charge in [-0.25, -0.2) is 0 Å². The minimum Gasteiger partial charge on any atom is -0.326 e. The second kappa shape index (κ2) is 8.11. The Morgan fingerprint density at radius 2 is 1.70 bits per heavy atom. The zero-order valence-electron chi connectivity index (χ0n) is 15.1. The first-order valence-corrected chi connectivity index (χ1v) is 8.11. The van der Waals surface area contributed by atoms with Gasteiger partial charge in [-0.15, -0.1) is 0 Å². The van der Waals surface area contributed by atoms with E-state index in [-0.39, 0.29) is 11.8 Å². The molecular weight excluding hydrogens is 290 g/mol. The minimum atomic E-state index is -0.440. The Balaban J connectivity index is 2.73. The minimum absolute atomic E-state index is 0.0247. The molecule has 0 aromatic heterocycles. The van der Waals surface area contributed by atoms with Gasteiger partial charge >= 0.3 is 0 Å². The molecular formula is C18H29N3O2. The van der Waals surface area contributed by atoms with Crippen LogP contribution in [-0.2, 0) is 9.59 Å². The highest BCUT2D eigenvalue weighted by Gasteiger charge is 2.21. The van der Waals surface area contributed by atoms with Gasteiger partial charge in [-0.05, 0) is 43.8 Å². The number of hydrogen-bond acceptors (Lipinski definition) is 3. The monoisotopic (exact) mass is 319 g/mol. The Morgan fingerprint density at radius 1 is 1.09 bits per heavy atom. The lowest BCUT2D eigenvalue weighted by molar-refractivity contribution is -0.123. The molecule has 0 atom stereocenters. The number of aryl methyl sites for hydroxylation is 1. The Morgan fingerprint density at radius 3 is 2.17 bits per heavy atom. The number of nitrogens with one attached hydrogen (secondary N) is 2. The largest absolute Gasteiger partial charge is 0.326 e. The van der Waals surface area contributed by atoms with Gasteiger partial charge in [-0.1, -0.05) is 34.6 Å².